The monoisotopic (exact) mass is 283 g/mol. The quantitative estimate of drug-likeness (QED) is 0.911. The number of carbonyl (C=O) groups is 1. The van der Waals surface area contributed by atoms with Crippen molar-refractivity contribution in [2.45, 2.75) is 19.0 Å². The van der Waals surface area contributed by atoms with Gasteiger partial charge in [-0.3, -0.25) is 9.69 Å². The summed E-state index contributed by atoms with van der Waals surface area (Å²) in [5.74, 6) is -1.19. The van der Waals surface area contributed by atoms with Crippen molar-refractivity contribution in [1.29, 1.82) is 0 Å². The molecule has 0 spiro atoms. The molecule has 0 saturated carbocycles. The molecule has 5 nitrogen and oxygen atoms in total. The van der Waals surface area contributed by atoms with E-state index in [4.69, 9.17) is 9.47 Å². The van der Waals surface area contributed by atoms with E-state index >= 15 is 0 Å². The Labute approximate surface area is 116 Å². The summed E-state index contributed by atoms with van der Waals surface area (Å²) < 4.78 is 23.8. The van der Waals surface area contributed by atoms with Crippen molar-refractivity contribution in [3.05, 3.63) is 29.6 Å². The van der Waals surface area contributed by atoms with Crippen LogP contribution < -0.4 is 4.74 Å². The van der Waals surface area contributed by atoms with Crippen LogP contribution in [0.4, 0.5) is 4.39 Å². The minimum Gasteiger partial charge on any atom is -0.494 e. The van der Waals surface area contributed by atoms with Crippen molar-refractivity contribution < 1.29 is 23.8 Å². The Balaban J connectivity index is 2.22. The van der Waals surface area contributed by atoms with E-state index in [1.165, 1.54) is 13.2 Å². The van der Waals surface area contributed by atoms with Crippen molar-refractivity contribution in [2.24, 2.45) is 0 Å². The molecule has 2 unspecified atom stereocenters. The lowest BCUT2D eigenvalue weighted by Gasteiger charge is -2.37. The average Bonchev–Trinajstić information content (AvgIpc) is 2.46. The maximum atomic E-state index is 13.7. The molecule has 1 fully saturated rings. The molecule has 0 aromatic heterocycles. The molecule has 2 atom stereocenters. The number of carboxylic acid groups (broad SMARTS) is 1. The number of rotatable bonds is 4. The molecule has 1 heterocycles. The second-order valence-electron chi connectivity index (χ2n) is 4.74. The molecule has 1 N–H and O–H groups in total. The molecule has 0 bridgehead atoms. The number of halogens is 1. The average molecular weight is 283 g/mol. The fraction of sp³-hybridized carbons (Fsp3) is 0.500. The van der Waals surface area contributed by atoms with Crippen LogP contribution in [-0.2, 0) is 9.53 Å². The van der Waals surface area contributed by atoms with Crippen LogP contribution in [0, 0.1) is 5.82 Å². The Morgan fingerprint density at radius 1 is 1.60 bits per heavy atom. The molecule has 2 rings (SSSR count). The minimum atomic E-state index is -0.925. The largest absolute Gasteiger partial charge is 0.494 e. The van der Waals surface area contributed by atoms with Crippen LogP contribution in [0.5, 0.6) is 5.75 Å². The van der Waals surface area contributed by atoms with E-state index in [9.17, 15) is 14.3 Å². The van der Waals surface area contributed by atoms with Gasteiger partial charge in [0.05, 0.1) is 20.3 Å². The first-order chi connectivity index (χ1) is 9.54. The number of hydrogen-bond donors (Lipinski definition) is 1. The highest BCUT2D eigenvalue weighted by Crippen LogP contribution is 2.27. The van der Waals surface area contributed by atoms with Gasteiger partial charge >= 0.3 is 5.97 Å². The Morgan fingerprint density at radius 2 is 2.35 bits per heavy atom. The van der Waals surface area contributed by atoms with E-state index in [0.717, 1.165) is 5.56 Å². The number of morpholine rings is 1. The standard InChI is InChI=1S/C14H18FNO4/c1-9(10-3-4-13(19-2)11(15)7-10)16-5-6-20-8-12(16)14(17)18/h3-4,7,9,12H,5-6,8H2,1-2H3,(H,17,18). The van der Waals surface area contributed by atoms with Crippen molar-refractivity contribution in [2.75, 3.05) is 26.9 Å². The van der Waals surface area contributed by atoms with E-state index in [1.807, 2.05) is 11.8 Å². The highest BCUT2D eigenvalue weighted by atomic mass is 19.1. The Morgan fingerprint density at radius 3 is 2.95 bits per heavy atom. The molecule has 0 radical (unpaired) electrons. The first-order valence-corrected chi connectivity index (χ1v) is 6.44. The van der Waals surface area contributed by atoms with Gasteiger partial charge in [-0.1, -0.05) is 6.07 Å². The predicted octanol–water partition coefficient (Wildman–Crippen LogP) is 1.68. The van der Waals surface area contributed by atoms with Gasteiger partial charge in [0.25, 0.3) is 0 Å². The van der Waals surface area contributed by atoms with Gasteiger partial charge in [0.15, 0.2) is 11.6 Å². The maximum absolute atomic E-state index is 13.7. The molecular weight excluding hydrogens is 265 g/mol. The third-order valence-corrected chi connectivity index (χ3v) is 3.61. The van der Waals surface area contributed by atoms with Gasteiger partial charge in [-0.15, -0.1) is 0 Å². The van der Waals surface area contributed by atoms with Crippen LogP contribution in [0.25, 0.3) is 0 Å². The number of nitrogens with zero attached hydrogens (tertiary/aromatic N) is 1. The summed E-state index contributed by atoms with van der Waals surface area (Å²) in [6, 6.07) is 3.78. The predicted molar refractivity (Wildman–Crippen MR) is 70.3 cm³/mol. The molecule has 0 aliphatic carbocycles. The summed E-state index contributed by atoms with van der Waals surface area (Å²) in [6.45, 7) is 3.00. The lowest BCUT2D eigenvalue weighted by molar-refractivity contribution is -0.151. The van der Waals surface area contributed by atoms with E-state index in [1.54, 1.807) is 12.1 Å². The molecule has 1 aromatic carbocycles. The first kappa shape index (κ1) is 14.7. The van der Waals surface area contributed by atoms with E-state index in [-0.39, 0.29) is 18.4 Å². The molecule has 1 saturated heterocycles. The lowest BCUT2D eigenvalue weighted by atomic mass is 10.0. The molecule has 1 aromatic rings. The van der Waals surface area contributed by atoms with Crippen molar-refractivity contribution in [3.63, 3.8) is 0 Å². The molecule has 6 heteroatoms. The molecule has 110 valence electrons. The van der Waals surface area contributed by atoms with Crippen molar-refractivity contribution in [1.82, 2.24) is 4.90 Å². The number of aliphatic carboxylic acids is 1. The van der Waals surface area contributed by atoms with Gasteiger partial charge in [-0.2, -0.15) is 0 Å². The van der Waals surface area contributed by atoms with Gasteiger partial charge in [0.1, 0.15) is 6.04 Å². The summed E-state index contributed by atoms with van der Waals surface area (Å²) in [5, 5.41) is 9.23. The summed E-state index contributed by atoms with van der Waals surface area (Å²) in [6.07, 6.45) is 0. The topological polar surface area (TPSA) is 59.0 Å². The Hall–Kier alpha value is -1.66. The van der Waals surface area contributed by atoms with Gasteiger partial charge in [0.2, 0.25) is 0 Å². The van der Waals surface area contributed by atoms with E-state index < -0.39 is 17.8 Å². The van der Waals surface area contributed by atoms with Crippen LogP contribution in [0.3, 0.4) is 0 Å². The molecule has 1 aliphatic rings. The Kier molecular flexibility index (Phi) is 4.57. The normalized spacial score (nSPS) is 21.4. The van der Waals surface area contributed by atoms with Gasteiger partial charge in [-0.25, -0.2) is 4.39 Å². The van der Waals surface area contributed by atoms with Crippen LogP contribution >= 0.6 is 0 Å². The van der Waals surface area contributed by atoms with Crippen molar-refractivity contribution >= 4 is 5.97 Å². The fourth-order valence-electron chi connectivity index (χ4n) is 2.43. The van der Waals surface area contributed by atoms with Crippen LogP contribution in [0.1, 0.15) is 18.5 Å². The number of benzene rings is 1. The Bertz CT molecular complexity index is 494. The van der Waals surface area contributed by atoms with Crippen molar-refractivity contribution in [3.8, 4) is 5.75 Å². The zero-order valence-electron chi connectivity index (χ0n) is 11.5. The maximum Gasteiger partial charge on any atom is 0.323 e. The fourth-order valence-corrected chi connectivity index (χ4v) is 2.43. The third kappa shape index (κ3) is 2.91. The second kappa shape index (κ2) is 6.19. The number of carboxylic acids is 1. The van der Waals surface area contributed by atoms with E-state index in [0.29, 0.717) is 13.2 Å². The zero-order valence-corrected chi connectivity index (χ0v) is 11.5. The molecular formula is C14H18FNO4. The van der Waals surface area contributed by atoms with Gasteiger partial charge in [0, 0.05) is 12.6 Å². The third-order valence-electron chi connectivity index (χ3n) is 3.61. The smallest absolute Gasteiger partial charge is 0.323 e. The molecule has 1 aliphatic heterocycles. The summed E-state index contributed by atoms with van der Waals surface area (Å²) in [7, 11) is 1.41. The number of hydrogen-bond acceptors (Lipinski definition) is 4. The van der Waals surface area contributed by atoms with Crippen LogP contribution in [0.2, 0.25) is 0 Å². The molecule has 0 amide bonds. The summed E-state index contributed by atoms with van der Waals surface area (Å²) >= 11 is 0. The second-order valence-corrected chi connectivity index (χ2v) is 4.74. The SMILES string of the molecule is COc1ccc(C(C)N2CCOCC2C(=O)O)cc1F. The highest BCUT2D eigenvalue weighted by molar-refractivity contribution is 5.73. The van der Waals surface area contributed by atoms with E-state index in [2.05, 4.69) is 0 Å². The zero-order chi connectivity index (χ0) is 14.7. The molecule has 20 heavy (non-hydrogen) atoms. The van der Waals surface area contributed by atoms with Crippen LogP contribution in [0.15, 0.2) is 18.2 Å². The summed E-state index contributed by atoms with van der Waals surface area (Å²) in [4.78, 5) is 13.1. The highest BCUT2D eigenvalue weighted by Gasteiger charge is 2.33. The summed E-state index contributed by atoms with van der Waals surface area (Å²) in [5.41, 5.74) is 0.719. The number of methoxy groups -OCH3 is 1. The van der Waals surface area contributed by atoms with Crippen LogP contribution in [-0.4, -0.2) is 48.9 Å². The van der Waals surface area contributed by atoms with Gasteiger partial charge < -0.3 is 14.6 Å². The van der Waals surface area contributed by atoms with Gasteiger partial charge in [-0.05, 0) is 24.6 Å². The lowest BCUT2D eigenvalue weighted by Crippen LogP contribution is -2.50. The number of ether oxygens (including phenoxy) is 2. The minimum absolute atomic E-state index is 0.151. The first-order valence-electron chi connectivity index (χ1n) is 6.44.